The van der Waals surface area contributed by atoms with E-state index in [-0.39, 0.29) is 0 Å². The van der Waals surface area contributed by atoms with Crippen LogP contribution in [-0.2, 0) is 0 Å². The number of piperazine rings is 1. The van der Waals surface area contributed by atoms with Crippen molar-refractivity contribution in [3.8, 4) is 6.07 Å². The quantitative estimate of drug-likeness (QED) is 0.673. The first-order valence-corrected chi connectivity index (χ1v) is 10.0. The second-order valence-corrected chi connectivity index (χ2v) is 7.50. The van der Waals surface area contributed by atoms with Crippen molar-refractivity contribution < 1.29 is 0 Å². The number of benzene rings is 2. The lowest BCUT2D eigenvalue weighted by Crippen LogP contribution is -2.44. The van der Waals surface area contributed by atoms with Gasteiger partial charge in [-0.05, 0) is 56.4 Å². The lowest BCUT2D eigenvalue weighted by molar-refractivity contribution is 0.313. The third-order valence-electron chi connectivity index (χ3n) is 5.11. The standard InChI is InChI=1S/C23H25N7/c1-17-14-22(28-23(25-17)27-20-5-3-4-18(15-20)16-24)26-19-6-8-21(9-7-19)30-12-10-29(2)11-13-30/h3-9,14-15H,10-13H2,1-2H3,(H2,25,26,27,28). The minimum absolute atomic E-state index is 0.488. The fourth-order valence-electron chi connectivity index (χ4n) is 3.45. The Bertz CT molecular complexity index is 1050. The lowest BCUT2D eigenvalue weighted by atomic mass is 10.2. The van der Waals surface area contributed by atoms with Crippen LogP contribution < -0.4 is 15.5 Å². The molecule has 30 heavy (non-hydrogen) atoms. The monoisotopic (exact) mass is 399 g/mol. The normalized spacial score (nSPS) is 14.2. The Morgan fingerprint density at radius 1 is 0.900 bits per heavy atom. The molecule has 1 fully saturated rings. The summed E-state index contributed by atoms with van der Waals surface area (Å²) < 4.78 is 0. The number of hydrogen-bond acceptors (Lipinski definition) is 7. The van der Waals surface area contributed by atoms with Gasteiger partial charge in [0.15, 0.2) is 0 Å². The van der Waals surface area contributed by atoms with Crippen molar-refractivity contribution in [1.82, 2.24) is 14.9 Å². The molecule has 1 aromatic heterocycles. The zero-order valence-electron chi connectivity index (χ0n) is 17.3. The number of rotatable bonds is 5. The highest BCUT2D eigenvalue weighted by atomic mass is 15.2. The molecule has 0 radical (unpaired) electrons. The van der Waals surface area contributed by atoms with Crippen molar-refractivity contribution in [2.75, 3.05) is 48.8 Å². The number of nitrogens with one attached hydrogen (secondary N) is 2. The van der Waals surface area contributed by atoms with Gasteiger partial charge in [0.1, 0.15) is 5.82 Å². The van der Waals surface area contributed by atoms with Gasteiger partial charge >= 0.3 is 0 Å². The van der Waals surface area contributed by atoms with Crippen LogP contribution in [0.2, 0.25) is 0 Å². The van der Waals surface area contributed by atoms with Gasteiger partial charge in [0.25, 0.3) is 0 Å². The second-order valence-electron chi connectivity index (χ2n) is 7.50. The number of nitrogens with zero attached hydrogens (tertiary/aromatic N) is 5. The molecule has 2 heterocycles. The van der Waals surface area contributed by atoms with Crippen molar-refractivity contribution in [3.05, 3.63) is 65.9 Å². The second kappa shape index (κ2) is 8.80. The molecule has 0 saturated carbocycles. The van der Waals surface area contributed by atoms with Crippen LogP contribution in [0.5, 0.6) is 0 Å². The van der Waals surface area contributed by atoms with Gasteiger partial charge in [-0.2, -0.15) is 10.2 Å². The number of aryl methyl sites for hydroxylation is 1. The van der Waals surface area contributed by atoms with Crippen molar-refractivity contribution in [3.63, 3.8) is 0 Å². The van der Waals surface area contributed by atoms with E-state index >= 15 is 0 Å². The number of aromatic nitrogens is 2. The van der Waals surface area contributed by atoms with Gasteiger partial charge in [-0.3, -0.25) is 0 Å². The predicted octanol–water partition coefficient (Wildman–Crippen LogP) is 3.90. The highest BCUT2D eigenvalue weighted by Crippen LogP contribution is 2.23. The third kappa shape index (κ3) is 4.85. The van der Waals surface area contributed by atoms with E-state index in [2.05, 4.69) is 67.8 Å². The molecule has 0 amide bonds. The summed E-state index contributed by atoms with van der Waals surface area (Å²) in [5.41, 5.74) is 4.43. The molecule has 152 valence electrons. The summed E-state index contributed by atoms with van der Waals surface area (Å²) in [7, 11) is 2.16. The smallest absolute Gasteiger partial charge is 0.229 e. The van der Waals surface area contributed by atoms with Crippen molar-refractivity contribution >= 4 is 28.8 Å². The SMILES string of the molecule is Cc1cc(Nc2ccc(N3CCN(C)CC3)cc2)nc(Nc2cccc(C#N)c2)n1. The maximum atomic E-state index is 9.07. The van der Waals surface area contributed by atoms with Gasteiger partial charge < -0.3 is 20.4 Å². The summed E-state index contributed by atoms with van der Waals surface area (Å²) in [6.45, 7) is 6.22. The fraction of sp³-hybridized carbons (Fsp3) is 0.261. The lowest BCUT2D eigenvalue weighted by Gasteiger charge is -2.34. The molecule has 0 bridgehead atoms. The molecule has 2 aromatic carbocycles. The first-order valence-electron chi connectivity index (χ1n) is 10.0. The van der Waals surface area contributed by atoms with E-state index < -0.39 is 0 Å². The molecule has 0 spiro atoms. The fourth-order valence-corrected chi connectivity index (χ4v) is 3.45. The summed E-state index contributed by atoms with van der Waals surface area (Å²) >= 11 is 0. The molecule has 3 aromatic rings. The largest absolute Gasteiger partial charge is 0.369 e. The molecule has 4 rings (SSSR count). The minimum Gasteiger partial charge on any atom is -0.369 e. The maximum absolute atomic E-state index is 9.07. The van der Waals surface area contributed by atoms with Crippen molar-refractivity contribution in [2.45, 2.75) is 6.92 Å². The molecule has 1 saturated heterocycles. The van der Waals surface area contributed by atoms with E-state index in [9.17, 15) is 0 Å². The summed E-state index contributed by atoms with van der Waals surface area (Å²) in [5, 5.41) is 15.6. The van der Waals surface area contributed by atoms with E-state index in [0.717, 1.165) is 43.2 Å². The Balaban J connectivity index is 1.46. The molecule has 1 aliphatic rings. The molecular weight excluding hydrogens is 374 g/mol. The molecule has 0 atom stereocenters. The van der Waals surface area contributed by atoms with Crippen LogP contribution in [0.4, 0.5) is 28.8 Å². The molecule has 7 nitrogen and oxygen atoms in total. The number of anilines is 5. The van der Waals surface area contributed by atoms with Crippen LogP contribution in [0.1, 0.15) is 11.3 Å². The topological polar surface area (TPSA) is 80.1 Å². The van der Waals surface area contributed by atoms with Crippen LogP contribution in [-0.4, -0.2) is 48.1 Å². The van der Waals surface area contributed by atoms with E-state index in [1.54, 1.807) is 12.1 Å². The molecule has 2 N–H and O–H groups in total. The zero-order valence-corrected chi connectivity index (χ0v) is 17.3. The third-order valence-corrected chi connectivity index (χ3v) is 5.11. The van der Waals surface area contributed by atoms with Crippen LogP contribution in [0.3, 0.4) is 0 Å². The van der Waals surface area contributed by atoms with Crippen LogP contribution in [0, 0.1) is 18.3 Å². The van der Waals surface area contributed by atoms with Gasteiger partial charge in [0.2, 0.25) is 5.95 Å². The highest BCUT2D eigenvalue weighted by molar-refractivity contribution is 5.63. The molecule has 0 aliphatic carbocycles. The van der Waals surface area contributed by atoms with Gasteiger partial charge in [-0.15, -0.1) is 0 Å². The van der Waals surface area contributed by atoms with E-state index in [0.29, 0.717) is 17.3 Å². The van der Waals surface area contributed by atoms with Crippen molar-refractivity contribution in [1.29, 1.82) is 5.26 Å². The molecule has 7 heteroatoms. The van der Waals surface area contributed by atoms with Gasteiger partial charge in [0.05, 0.1) is 11.6 Å². The predicted molar refractivity (Wildman–Crippen MR) is 121 cm³/mol. The van der Waals surface area contributed by atoms with E-state index in [4.69, 9.17) is 5.26 Å². The Kier molecular flexibility index (Phi) is 5.77. The van der Waals surface area contributed by atoms with Crippen molar-refractivity contribution in [2.24, 2.45) is 0 Å². The molecule has 0 unspecified atom stereocenters. The summed E-state index contributed by atoms with van der Waals surface area (Å²) in [4.78, 5) is 13.8. The average Bonchev–Trinajstić information content (AvgIpc) is 2.75. The van der Waals surface area contributed by atoms with Crippen LogP contribution in [0.15, 0.2) is 54.6 Å². The Morgan fingerprint density at radius 3 is 2.40 bits per heavy atom. The molecule has 1 aliphatic heterocycles. The van der Waals surface area contributed by atoms with Crippen LogP contribution in [0.25, 0.3) is 0 Å². The van der Waals surface area contributed by atoms with Gasteiger partial charge in [0, 0.05) is 55.0 Å². The highest BCUT2D eigenvalue weighted by Gasteiger charge is 2.14. The first kappa shape index (κ1) is 19.7. The summed E-state index contributed by atoms with van der Waals surface area (Å²) in [6, 6.07) is 19.8. The maximum Gasteiger partial charge on any atom is 0.229 e. The van der Waals surface area contributed by atoms with Gasteiger partial charge in [-0.25, -0.2) is 4.98 Å². The number of hydrogen-bond donors (Lipinski definition) is 2. The van der Waals surface area contributed by atoms with E-state index in [1.807, 2.05) is 25.1 Å². The van der Waals surface area contributed by atoms with Crippen LogP contribution >= 0.6 is 0 Å². The Hall–Kier alpha value is -3.63. The zero-order chi connectivity index (χ0) is 20.9. The van der Waals surface area contributed by atoms with Gasteiger partial charge in [-0.1, -0.05) is 6.07 Å². The summed E-state index contributed by atoms with van der Waals surface area (Å²) in [6.07, 6.45) is 0. The number of likely N-dealkylation sites (N-methyl/N-ethyl adjacent to an activating group) is 1. The average molecular weight is 400 g/mol. The molecular formula is C23H25N7. The summed E-state index contributed by atoms with van der Waals surface area (Å²) in [5.74, 6) is 1.20. The van der Waals surface area contributed by atoms with E-state index in [1.165, 1.54) is 5.69 Å². The Morgan fingerprint density at radius 2 is 1.67 bits per heavy atom. The minimum atomic E-state index is 0.488. The Labute approximate surface area is 177 Å². The number of nitriles is 1. The first-order chi connectivity index (χ1) is 14.6.